The molecule has 2 aromatic rings. The number of ketones is 1. The van der Waals surface area contributed by atoms with Gasteiger partial charge in [-0.3, -0.25) is 0 Å². The Kier molecular flexibility index (Phi) is 3.80. The summed E-state index contributed by atoms with van der Waals surface area (Å²) in [5.74, 6) is 0.275. The smallest absolute Gasteiger partial charge is 0.129 e. The number of rotatable bonds is 5. The van der Waals surface area contributed by atoms with Crippen molar-refractivity contribution in [1.82, 2.24) is 9.55 Å². The Balaban J connectivity index is 2.09. The van der Waals surface area contributed by atoms with E-state index in [1.807, 2.05) is 6.33 Å². The second kappa shape index (κ2) is 5.34. The van der Waals surface area contributed by atoms with Gasteiger partial charge in [0.1, 0.15) is 5.78 Å². The van der Waals surface area contributed by atoms with Crippen LogP contribution in [-0.2, 0) is 11.3 Å². The maximum atomic E-state index is 10.9. The van der Waals surface area contributed by atoms with E-state index in [9.17, 15) is 4.79 Å². The van der Waals surface area contributed by atoms with Crippen LogP contribution in [0, 0.1) is 13.8 Å². The van der Waals surface area contributed by atoms with Gasteiger partial charge >= 0.3 is 0 Å². The summed E-state index contributed by atoms with van der Waals surface area (Å²) in [5.41, 5.74) is 4.84. The third kappa shape index (κ3) is 2.78. The predicted octanol–water partition coefficient (Wildman–Crippen LogP) is 3.41. The summed E-state index contributed by atoms with van der Waals surface area (Å²) in [6.45, 7) is 6.83. The molecule has 0 amide bonds. The summed E-state index contributed by atoms with van der Waals surface area (Å²) in [6, 6.07) is 4.33. The summed E-state index contributed by atoms with van der Waals surface area (Å²) >= 11 is 0. The third-order valence-corrected chi connectivity index (χ3v) is 3.41. The Morgan fingerprint density at radius 3 is 2.67 bits per heavy atom. The molecular weight excluding hydrogens is 224 g/mol. The third-order valence-electron chi connectivity index (χ3n) is 3.41. The predicted molar refractivity (Wildman–Crippen MR) is 73.7 cm³/mol. The van der Waals surface area contributed by atoms with Gasteiger partial charge in [0.15, 0.2) is 0 Å². The molecule has 0 radical (unpaired) electrons. The van der Waals surface area contributed by atoms with Crippen molar-refractivity contribution in [2.75, 3.05) is 0 Å². The minimum absolute atomic E-state index is 0.275. The van der Waals surface area contributed by atoms with Crippen molar-refractivity contribution in [3.8, 4) is 0 Å². The Morgan fingerprint density at radius 2 is 1.94 bits per heavy atom. The fourth-order valence-corrected chi connectivity index (χ4v) is 2.15. The number of hydrogen-bond acceptors (Lipinski definition) is 2. The molecule has 18 heavy (non-hydrogen) atoms. The Morgan fingerprint density at radius 1 is 1.22 bits per heavy atom. The number of fused-ring (bicyclic) bond motifs is 1. The first-order valence-electron chi connectivity index (χ1n) is 6.49. The lowest BCUT2D eigenvalue weighted by Crippen LogP contribution is -1.98. The molecule has 0 aliphatic heterocycles. The van der Waals surface area contributed by atoms with E-state index in [0.29, 0.717) is 6.42 Å². The van der Waals surface area contributed by atoms with Crippen LogP contribution < -0.4 is 0 Å². The van der Waals surface area contributed by atoms with E-state index in [-0.39, 0.29) is 5.78 Å². The molecule has 0 aliphatic rings. The van der Waals surface area contributed by atoms with Gasteiger partial charge in [-0.2, -0.15) is 0 Å². The lowest BCUT2D eigenvalue weighted by Gasteiger charge is -2.05. The lowest BCUT2D eigenvalue weighted by atomic mass is 10.1. The number of Topliss-reactive ketones (excluding diaryl/α,β-unsaturated/α-hetero) is 1. The summed E-state index contributed by atoms with van der Waals surface area (Å²) < 4.78 is 2.18. The fraction of sp³-hybridized carbons (Fsp3) is 0.467. The Labute approximate surface area is 108 Å². The number of benzene rings is 1. The van der Waals surface area contributed by atoms with Gasteiger partial charge in [-0.05, 0) is 56.9 Å². The number of imidazole rings is 1. The van der Waals surface area contributed by atoms with Crippen LogP contribution in [0.2, 0.25) is 0 Å². The van der Waals surface area contributed by atoms with Gasteiger partial charge in [0, 0.05) is 13.0 Å². The lowest BCUT2D eigenvalue weighted by molar-refractivity contribution is -0.117. The number of hydrogen-bond donors (Lipinski definition) is 0. The normalized spacial score (nSPS) is 11.1. The molecule has 0 unspecified atom stereocenters. The zero-order valence-corrected chi connectivity index (χ0v) is 11.4. The minimum Gasteiger partial charge on any atom is -0.331 e. The highest BCUT2D eigenvalue weighted by atomic mass is 16.1. The van der Waals surface area contributed by atoms with E-state index in [1.54, 1.807) is 6.92 Å². The zero-order chi connectivity index (χ0) is 13.1. The standard InChI is InChI=1S/C15H20N2O/c1-11-8-14-15(9-12(11)2)17(10-16-14)7-5-4-6-13(3)18/h8-10H,4-7H2,1-3H3. The Bertz CT molecular complexity index is 569. The molecular formula is C15H20N2O. The monoisotopic (exact) mass is 244 g/mol. The van der Waals surface area contributed by atoms with Crippen molar-refractivity contribution in [2.45, 2.75) is 46.6 Å². The molecule has 1 aromatic heterocycles. The van der Waals surface area contributed by atoms with Crippen LogP contribution in [0.25, 0.3) is 11.0 Å². The highest BCUT2D eigenvalue weighted by Crippen LogP contribution is 2.18. The highest BCUT2D eigenvalue weighted by molar-refractivity contribution is 5.77. The van der Waals surface area contributed by atoms with Crippen LogP contribution in [0.15, 0.2) is 18.5 Å². The van der Waals surface area contributed by atoms with E-state index >= 15 is 0 Å². The number of aryl methyl sites for hydroxylation is 3. The van der Waals surface area contributed by atoms with E-state index in [0.717, 1.165) is 24.9 Å². The molecule has 0 bridgehead atoms. The van der Waals surface area contributed by atoms with Gasteiger partial charge in [-0.25, -0.2) is 4.98 Å². The summed E-state index contributed by atoms with van der Waals surface area (Å²) in [4.78, 5) is 15.3. The van der Waals surface area contributed by atoms with Gasteiger partial charge in [-0.15, -0.1) is 0 Å². The minimum atomic E-state index is 0.275. The van der Waals surface area contributed by atoms with Crippen LogP contribution in [0.1, 0.15) is 37.3 Å². The molecule has 3 heteroatoms. The molecule has 96 valence electrons. The van der Waals surface area contributed by atoms with E-state index < -0.39 is 0 Å². The molecule has 1 aromatic carbocycles. The average molecular weight is 244 g/mol. The van der Waals surface area contributed by atoms with Crippen molar-refractivity contribution in [2.24, 2.45) is 0 Å². The molecule has 0 fully saturated rings. The van der Waals surface area contributed by atoms with E-state index in [1.165, 1.54) is 16.6 Å². The average Bonchev–Trinajstić information content (AvgIpc) is 2.68. The van der Waals surface area contributed by atoms with E-state index in [2.05, 4.69) is 35.5 Å². The fourth-order valence-electron chi connectivity index (χ4n) is 2.15. The summed E-state index contributed by atoms with van der Waals surface area (Å²) in [5, 5.41) is 0. The van der Waals surface area contributed by atoms with Gasteiger partial charge in [0.25, 0.3) is 0 Å². The molecule has 0 saturated carbocycles. The molecule has 3 nitrogen and oxygen atoms in total. The second-order valence-electron chi connectivity index (χ2n) is 5.02. The first-order valence-corrected chi connectivity index (χ1v) is 6.49. The number of carbonyl (C=O) groups is 1. The van der Waals surface area contributed by atoms with Gasteiger partial charge < -0.3 is 9.36 Å². The molecule has 0 aliphatic carbocycles. The molecule has 1 heterocycles. The van der Waals surface area contributed by atoms with Crippen molar-refractivity contribution in [1.29, 1.82) is 0 Å². The maximum Gasteiger partial charge on any atom is 0.129 e. The summed E-state index contributed by atoms with van der Waals surface area (Å²) in [7, 11) is 0. The quantitative estimate of drug-likeness (QED) is 0.755. The summed E-state index contributed by atoms with van der Waals surface area (Å²) in [6.07, 6.45) is 4.57. The van der Waals surface area contributed by atoms with Crippen molar-refractivity contribution < 1.29 is 4.79 Å². The van der Waals surface area contributed by atoms with Crippen LogP contribution in [-0.4, -0.2) is 15.3 Å². The highest BCUT2D eigenvalue weighted by Gasteiger charge is 2.04. The van der Waals surface area contributed by atoms with Gasteiger partial charge in [-0.1, -0.05) is 0 Å². The van der Waals surface area contributed by atoms with Crippen LogP contribution in [0.3, 0.4) is 0 Å². The topological polar surface area (TPSA) is 34.9 Å². The number of unbranched alkanes of at least 4 members (excludes halogenated alkanes) is 1. The number of nitrogens with zero attached hydrogens (tertiary/aromatic N) is 2. The van der Waals surface area contributed by atoms with Crippen molar-refractivity contribution >= 4 is 16.8 Å². The first-order chi connectivity index (χ1) is 8.58. The van der Waals surface area contributed by atoms with Crippen LogP contribution >= 0.6 is 0 Å². The molecule has 0 atom stereocenters. The largest absolute Gasteiger partial charge is 0.331 e. The SMILES string of the molecule is CC(=O)CCCCn1cnc2cc(C)c(C)cc21. The molecule has 0 N–H and O–H groups in total. The van der Waals surface area contributed by atoms with Crippen LogP contribution in [0.4, 0.5) is 0 Å². The number of aromatic nitrogens is 2. The van der Waals surface area contributed by atoms with Crippen LogP contribution in [0.5, 0.6) is 0 Å². The zero-order valence-electron chi connectivity index (χ0n) is 11.4. The molecule has 2 rings (SSSR count). The maximum absolute atomic E-state index is 10.9. The molecule has 0 saturated heterocycles. The first kappa shape index (κ1) is 12.8. The van der Waals surface area contributed by atoms with Crippen molar-refractivity contribution in [3.05, 3.63) is 29.6 Å². The van der Waals surface area contributed by atoms with Gasteiger partial charge in [0.2, 0.25) is 0 Å². The van der Waals surface area contributed by atoms with E-state index in [4.69, 9.17) is 0 Å². The van der Waals surface area contributed by atoms with Gasteiger partial charge in [0.05, 0.1) is 17.4 Å². The Hall–Kier alpha value is -1.64. The number of carbonyl (C=O) groups excluding carboxylic acids is 1. The second-order valence-corrected chi connectivity index (χ2v) is 5.02. The molecule has 0 spiro atoms. The van der Waals surface area contributed by atoms with Crippen molar-refractivity contribution in [3.63, 3.8) is 0 Å².